The molecule has 1 unspecified atom stereocenters. The monoisotopic (exact) mass is 417 g/mol. The SMILES string of the molecule is O=C(N1CC2(C1)CN(c1cnccn1)C2)N1CCC[S+]([O-])c2cc(Cl)ccc21. The van der Waals surface area contributed by atoms with Crippen molar-refractivity contribution in [2.45, 2.75) is 11.3 Å². The molecule has 1 atom stereocenters. The van der Waals surface area contributed by atoms with Gasteiger partial charge in [0.25, 0.3) is 0 Å². The molecule has 7 nitrogen and oxygen atoms in total. The molecule has 0 radical (unpaired) electrons. The summed E-state index contributed by atoms with van der Waals surface area (Å²) in [6.45, 7) is 3.85. The number of carbonyl (C=O) groups is 1. The fraction of sp³-hybridized carbons (Fsp3) is 0.421. The molecular weight excluding hydrogens is 398 g/mol. The average molecular weight is 418 g/mol. The van der Waals surface area contributed by atoms with Crippen LogP contribution < -0.4 is 9.80 Å². The smallest absolute Gasteiger partial charge is 0.324 e. The zero-order valence-corrected chi connectivity index (χ0v) is 16.8. The van der Waals surface area contributed by atoms with Crippen LogP contribution in [0.2, 0.25) is 5.02 Å². The van der Waals surface area contributed by atoms with Gasteiger partial charge in [0.15, 0.2) is 4.90 Å². The maximum Gasteiger partial charge on any atom is 0.324 e. The maximum absolute atomic E-state index is 13.2. The number of likely N-dealkylation sites (tertiary alicyclic amines) is 1. The highest BCUT2D eigenvalue weighted by Gasteiger charge is 2.54. The molecule has 0 aliphatic carbocycles. The molecule has 146 valence electrons. The van der Waals surface area contributed by atoms with Gasteiger partial charge in [-0.1, -0.05) is 11.6 Å². The fourth-order valence-electron chi connectivity index (χ4n) is 4.33. The van der Waals surface area contributed by atoms with E-state index in [-0.39, 0.29) is 11.4 Å². The summed E-state index contributed by atoms with van der Waals surface area (Å²) >= 11 is 4.96. The molecule has 2 saturated heterocycles. The quantitative estimate of drug-likeness (QED) is 0.666. The molecule has 5 rings (SSSR count). The molecule has 1 aromatic carbocycles. The van der Waals surface area contributed by atoms with Gasteiger partial charge in [-0.05, 0) is 23.3 Å². The average Bonchev–Trinajstić information content (AvgIpc) is 2.79. The molecule has 4 heterocycles. The lowest BCUT2D eigenvalue weighted by atomic mass is 9.73. The van der Waals surface area contributed by atoms with Crippen LogP contribution in [0.4, 0.5) is 16.3 Å². The minimum absolute atomic E-state index is 0.00829. The van der Waals surface area contributed by atoms with Crippen LogP contribution in [0.5, 0.6) is 0 Å². The van der Waals surface area contributed by atoms with Gasteiger partial charge in [0.1, 0.15) is 17.3 Å². The van der Waals surface area contributed by atoms with Crippen molar-refractivity contribution < 1.29 is 9.35 Å². The lowest BCUT2D eigenvalue weighted by Gasteiger charge is -2.60. The predicted octanol–water partition coefficient (Wildman–Crippen LogP) is 2.39. The minimum Gasteiger partial charge on any atom is -0.611 e. The van der Waals surface area contributed by atoms with Gasteiger partial charge >= 0.3 is 6.03 Å². The largest absolute Gasteiger partial charge is 0.611 e. The van der Waals surface area contributed by atoms with E-state index >= 15 is 0 Å². The minimum atomic E-state index is -1.13. The number of hydrogen-bond acceptors (Lipinski definition) is 5. The van der Waals surface area contributed by atoms with Crippen molar-refractivity contribution in [1.82, 2.24) is 14.9 Å². The van der Waals surface area contributed by atoms with E-state index in [1.807, 2.05) is 11.0 Å². The number of urea groups is 1. The second kappa shape index (κ2) is 6.79. The maximum atomic E-state index is 13.2. The number of anilines is 2. The van der Waals surface area contributed by atoms with Crippen molar-refractivity contribution >= 4 is 40.3 Å². The molecule has 2 amide bonds. The van der Waals surface area contributed by atoms with Gasteiger partial charge in [0.2, 0.25) is 0 Å². The number of amides is 2. The summed E-state index contributed by atoms with van der Waals surface area (Å²) in [6, 6.07) is 5.28. The number of carbonyl (C=O) groups excluding carboxylic acids is 1. The van der Waals surface area contributed by atoms with E-state index in [4.69, 9.17) is 11.6 Å². The Labute approximate surface area is 171 Å². The Morgan fingerprint density at radius 1 is 1.21 bits per heavy atom. The van der Waals surface area contributed by atoms with E-state index in [1.54, 1.807) is 35.6 Å². The number of halogens is 1. The first-order valence-electron chi connectivity index (χ1n) is 9.30. The molecule has 1 spiro atoms. The molecule has 1 aromatic heterocycles. The van der Waals surface area contributed by atoms with Gasteiger partial charge in [-0.15, -0.1) is 0 Å². The first kappa shape index (κ1) is 18.0. The van der Waals surface area contributed by atoms with Gasteiger partial charge in [0, 0.05) is 68.0 Å². The normalized spacial score (nSPS) is 22.9. The van der Waals surface area contributed by atoms with Gasteiger partial charge in [-0.3, -0.25) is 9.88 Å². The molecule has 3 aliphatic heterocycles. The highest BCUT2D eigenvalue weighted by Crippen LogP contribution is 2.42. The molecule has 2 fully saturated rings. The van der Waals surface area contributed by atoms with Gasteiger partial charge in [-0.2, -0.15) is 0 Å². The van der Waals surface area contributed by atoms with Crippen molar-refractivity contribution in [3.8, 4) is 0 Å². The third-order valence-electron chi connectivity index (χ3n) is 5.65. The molecule has 28 heavy (non-hydrogen) atoms. The van der Waals surface area contributed by atoms with Crippen LogP contribution in [0.25, 0.3) is 0 Å². The van der Waals surface area contributed by atoms with Gasteiger partial charge in [0.05, 0.1) is 6.20 Å². The van der Waals surface area contributed by atoms with Crippen molar-refractivity contribution in [2.75, 3.05) is 48.3 Å². The molecular formula is C19H20ClN5O2S. The number of fused-ring (bicyclic) bond motifs is 1. The van der Waals surface area contributed by atoms with Crippen LogP contribution in [0.1, 0.15) is 6.42 Å². The van der Waals surface area contributed by atoms with E-state index in [1.165, 1.54) is 0 Å². The second-order valence-corrected chi connectivity index (χ2v) is 9.70. The van der Waals surface area contributed by atoms with E-state index in [2.05, 4.69) is 14.9 Å². The third-order valence-corrected chi connectivity index (χ3v) is 7.36. The van der Waals surface area contributed by atoms with E-state index < -0.39 is 11.2 Å². The first-order valence-corrected chi connectivity index (χ1v) is 11.0. The molecule has 0 N–H and O–H groups in total. The molecule has 3 aliphatic rings. The molecule has 2 aromatic rings. The van der Waals surface area contributed by atoms with Crippen LogP contribution in [0.15, 0.2) is 41.7 Å². The summed E-state index contributed by atoms with van der Waals surface area (Å²) < 4.78 is 12.5. The summed E-state index contributed by atoms with van der Waals surface area (Å²) in [5.74, 6) is 1.44. The number of hydrogen-bond donors (Lipinski definition) is 0. The molecule has 0 saturated carbocycles. The fourth-order valence-corrected chi connectivity index (χ4v) is 5.84. The van der Waals surface area contributed by atoms with Gasteiger partial charge in [-0.25, -0.2) is 9.78 Å². The highest BCUT2D eigenvalue weighted by atomic mass is 35.5. The summed E-state index contributed by atoms with van der Waals surface area (Å²) in [7, 11) is 0. The van der Waals surface area contributed by atoms with E-state index in [0.717, 1.165) is 37.7 Å². The summed E-state index contributed by atoms with van der Waals surface area (Å²) in [4.78, 5) is 28.1. The number of rotatable bonds is 1. The highest BCUT2D eigenvalue weighted by molar-refractivity contribution is 7.91. The summed E-state index contributed by atoms with van der Waals surface area (Å²) in [5.41, 5.74) is 0.881. The Kier molecular flexibility index (Phi) is 4.37. The predicted molar refractivity (Wildman–Crippen MR) is 108 cm³/mol. The summed E-state index contributed by atoms with van der Waals surface area (Å²) in [5, 5.41) is 0.544. The topological polar surface area (TPSA) is 75.6 Å². The Morgan fingerprint density at radius 3 is 2.79 bits per heavy atom. The molecule has 9 heteroatoms. The summed E-state index contributed by atoms with van der Waals surface area (Å²) in [6.07, 6.45) is 5.85. The van der Waals surface area contributed by atoms with Crippen LogP contribution in [0, 0.1) is 5.41 Å². The number of benzene rings is 1. The van der Waals surface area contributed by atoms with Crippen LogP contribution >= 0.6 is 11.6 Å². The van der Waals surface area contributed by atoms with E-state index in [9.17, 15) is 9.35 Å². The lowest BCUT2D eigenvalue weighted by Crippen LogP contribution is -2.74. The second-order valence-electron chi connectivity index (χ2n) is 7.73. The zero-order valence-electron chi connectivity index (χ0n) is 15.3. The van der Waals surface area contributed by atoms with Crippen LogP contribution in [-0.4, -0.2) is 63.9 Å². The first-order chi connectivity index (χ1) is 13.5. The Morgan fingerprint density at radius 2 is 2.04 bits per heavy atom. The van der Waals surface area contributed by atoms with E-state index in [0.29, 0.717) is 28.6 Å². The standard InChI is InChI=1S/C19H20ClN5O2S/c20-14-2-3-15-16(8-14)28(27)7-1-6-25(15)18(26)24-12-19(13-24)10-23(11-19)17-9-21-4-5-22-17/h2-5,8-9H,1,6-7,10-13H2. The van der Waals surface area contributed by atoms with Crippen molar-refractivity contribution in [3.05, 3.63) is 41.8 Å². The van der Waals surface area contributed by atoms with Gasteiger partial charge < -0.3 is 14.4 Å². The Hall–Kier alpha value is -2.03. The van der Waals surface area contributed by atoms with Crippen LogP contribution in [0.3, 0.4) is 0 Å². The molecule has 0 bridgehead atoms. The lowest BCUT2D eigenvalue weighted by molar-refractivity contribution is 0.00962. The number of aromatic nitrogens is 2. The van der Waals surface area contributed by atoms with Crippen LogP contribution in [-0.2, 0) is 11.2 Å². The van der Waals surface area contributed by atoms with Crippen molar-refractivity contribution in [2.24, 2.45) is 5.41 Å². The van der Waals surface area contributed by atoms with Crippen molar-refractivity contribution in [1.29, 1.82) is 0 Å². The Balaban J connectivity index is 1.27. The number of nitrogens with zero attached hydrogens (tertiary/aromatic N) is 5. The van der Waals surface area contributed by atoms with Crippen molar-refractivity contribution in [3.63, 3.8) is 0 Å². The third kappa shape index (κ3) is 3.00. The zero-order chi connectivity index (χ0) is 19.3. The Bertz CT molecular complexity index is 900.